The van der Waals surface area contributed by atoms with Crippen LogP contribution in [0, 0.1) is 58.2 Å². The van der Waals surface area contributed by atoms with E-state index in [0.29, 0.717) is 0 Å². The Morgan fingerprint density at radius 1 is 0.762 bits per heavy atom. The number of carbonyl (C=O) groups excluding carboxylic acids is 1. The average molecular weight is 603 g/mol. The van der Waals surface area contributed by atoms with Gasteiger partial charge in [-0.1, -0.05) is 6.07 Å². The van der Waals surface area contributed by atoms with Crippen LogP contribution in [0.3, 0.4) is 0 Å². The Balaban J connectivity index is 1.57. The molecule has 0 radical (unpaired) electrons. The smallest absolute Gasteiger partial charge is 0.357 e. The third-order valence-electron chi connectivity index (χ3n) is 6.47. The fourth-order valence-corrected chi connectivity index (χ4v) is 4.57. The predicted octanol–water partition coefficient (Wildman–Crippen LogP) is 6.03. The minimum absolute atomic E-state index is 0.00423. The Hall–Kier alpha value is -4.89. The molecule has 6 nitrogen and oxygen atoms in total. The van der Waals surface area contributed by atoms with E-state index < -0.39 is 92.7 Å². The Kier molecular flexibility index (Phi) is 6.94. The number of nitrogens with zero attached hydrogens (tertiary/aromatic N) is 3. The summed E-state index contributed by atoms with van der Waals surface area (Å²) in [5.74, 6) is -26.5. The lowest BCUT2D eigenvalue weighted by molar-refractivity contribution is -0.129. The van der Waals surface area contributed by atoms with Gasteiger partial charge in [0.05, 0.1) is 5.57 Å². The molecule has 2 aliphatic rings. The number of fused-ring (bicyclic) bond motifs is 1. The number of carboxylic acid groups (broad SMARTS) is 1. The van der Waals surface area contributed by atoms with Crippen LogP contribution in [0.5, 0.6) is 0 Å². The van der Waals surface area contributed by atoms with Crippen LogP contribution in [-0.4, -0.2) is 29.2 Å². The van der Waals surface area contributed by atoms with E-state index in [-0.39, 0.29) is 41.2 Å². The van der Waals surface area contributed by atoms with E-state index in [1.54, 1.807) is 0 Å². The Labute approximate surface area is 227 Å². The Morgan fingerprint density at radius 2 is 1.26 bits per heavy atom. The first kappa shape index (κ1) is 28.6. The lowest BCUT2D eigenvalue weighted by Crippen LogP contribution is -2.27. The second-order valence-corrected chi connectivity index (χ2v) is 8.91. The van der Waals surface area contributed by atoms with Gasteiger partial charge in [0.25, 0.3) is 5.91 Å². The summed E-state index contributed by atoms with van der Waals surface area (Å²) >= 11 is 0. The number of halogens is 10. The van der Waals surface area contributed by atoms with E-state index in [1.165, 1.54) is 12.1 Å². The fourth-order valence-electron chi connectivity index (χ4n) is 4.57. The molecule has 0 saturated heterocycles. The molecule has 42 heavy (non-hydrogen) atoms. The minimum Gasteiger partial charge on any atom is -0.476 e. The molecule has 3 aromatic rings. The molecule has 16 heteroatoms. The van der Waals surface area contributed by atoms with Gasteiger partial charge in [-0.05, 0) is 42.2 Å². The summed E-state index contributed by atoms with van der Waals surface area (Å²) < 4.78 is 140. The number of carboxylic acids is 1. The van der Waals surface area contributed by atoms with Crippen molar-refractivity contribution in [3.63, 3.8) is 0 Å². The summed E-state index contributed by atoms with van der Waals surface area (Å²) in [4.78, 5) is 25.5. The maximum atomic E-state index is 14.5. The largest absolute Gasteiger partial charge is 0.476 e. The number of hydrogen-bond acceptors (Lipinski definition) is 4. The molecular weight excluding hydrogens is 592 g/mol. The number of rotatable bonds is 4. The first-order valence-electron chi connectivity index (χ1n) is 11.6. The minimum atomic E-state index is -2.52. The molecule has 0 fully saturated rings. The van der Waals surface area contributed by atoms with Crippen molar-refractivity contribution in [2.45, 2.75) is 12.8 Å². The number of amides is 1. The van der Waals surface area contributed by atoms with E-state index in [0.717, 1.165) is 17.0 Å². The molecule has 1 amide bonds. The van der Waals surface area contributed by atoms with Crippen molar-refractivity contribution in [1.82, 2.24) is 0 Å². The van der Waals surface area contributed by atoms with Gasteiger partial charge >= 0.3 is 5.97 Å². The molecule has 3 aromatic carbocycles. The first-order chi connectivity index (χ1) is 19.8. The highest BCUT2D eigenvalue weighted by atomic mass is 19.2. The van der Waals surface area contributed by atoms with Crippen LogP contribution >= 0.6 is 0 Å². The molecule has 0 aliphatic carbocycles. The summed E-state index contributed by atoms with van der Waals surface area (Å²) in [5, 5.41) is 12.4. The highest BCUT2D eigenvalue weighted by Gasteiger charge is 2.40. The van der Waals surface area contributed by atoms with E-state index in [1.807, 2.05) is 0 Å². The number of carbonyl (C=O) groups is 2. The van der Waals surface area contributed by atoms with Gasteiger partial charge in [-0.15, -0.1) is 0 Å². The second kappa shape index (κ2) is 10.2. The third kappa shape index (κ3) is 4.24. The summed E-state index contributed by atoms with van der Waals surface area (Å²) in [6, 6.07) is 3.61. The van der Waals surface area contributed by atoms with Crippen LogP contribution < -0.4 is 9.91 Å². The van der Waals surface area contributed by atoms with Crippen LogP contribution in [0.1, 0.15) is 17.5 Å². The van der Waals surface area contributed by atoms with Crippen molar-refractivity contribution in [2.75, 3.05) is 16.5 Å². The highest BCUT2D eigenvalue weighted by molar-refractivity contribution is 6.53. The Morgan fingerprint density at radius 3 is 1.79 bits per heavy atom. The van der Waals surface area contributed by atoms with Gasteiger partial charge in [0.1, 0.15) is 11.4 Å². The monoisotopic (exact) mass is 603 g/mol. The lowest BCUT2D eigenvalue weighted by atomic mass is 9.97. The van der Waals surface area contributed by atoms with Gasteiger partial charge < -0.3 is 10.0 Å². The molecule has 218 valence electrons. The number of benzene rings is 3. The molecule has 0 aromatic heterocycles. The third-order valence-corrected chi connectivity index (χ3v) is 6.47. The summed E-state index contributed by atoms with van der Waals surface area (Å²) in [6.45, 7) is -0.156. The maximum Gasteiger partial charge on any atom is 0.357 e. The molecule has 5 rings (SSSR count). The molecule has 2 aliphatic heterocycles. The van der Waals surface area contributed by atoms with Gasteiger partial charge in [-0.25, -0.2) is 48.7 Å². The number of hydrogen-bond donors (Lipinski definition) is 1. The quantitative estimate of drug-likeness (QED) is 0.171. The zero-order valence-electron chi connectivity index (χ0n) is 20.3. The van der Waals surface area contributed by atoms with E-state index in [4.69, 9.17) is 0 Å². The van der Waals surface area contributed by atoms with Crippen LogP contribution in [0.25, 0.3) is 6.08 Å². The second-order valence-electron chi connectivity index (χ2n) is 8.91. The number of aliphatic carboxylic acids is 1. The van der Waals surface area contributed by atoms with Crippen molar-refractivity contribution < 1.29 is 58.6 Å². The molecule has 2 heterocycles. The zero-order valence-corrected chi connectivity index (χ0v) is 20.3. The van der Waals surface area contributed by atoms with E-state index in [2.05, 4.69) is 5.10 Å². The SMILES string of the molecule is O=C(O)C1=NN(c2c(F)c(F)c(F)c(F)c2F)C(=O)C1=Cc1ccc2c(c1)CCCN2c1c(F)c(F)c(F)c(F)c1F. The number of anilines is 3. The first-order valence-corrected chi connectivity index (χ1v) is 11.6. The average Bonchev–Trinajstić information content (AvgIpc) is 3.28. The van der Waals surface area contributed by atoms with E-state index >= 15 is 0 Å². The molecule has 0 spiro atoms. The molecule has 0 bridgehead atoms. The summed E-state index contributed by atoms with van der Waals surface area (Å²) in [5.41, 5.74) is -4.70. The highest BCUT2D eigenvalue weighted by Crippen LogP contribution is 2.40. The van der Waals surface area contributed by atoms with Crippen molar-refractivity contribution in [3.8, 4) is 0 Å². The van der Waals surface area contributed by atoms with Crippen molar-refractivity contribution >= 4 is 40.7 Å². The van der Waals surface area contributed by atoms with Crippen LogP contribution in [-0.2, 0) is 16.0 Å². The molecule has 0 saturated carbocycles. The summed E-state index contributed by atoms with van der Waals surface area (Å²) in [6.07, 6.45) is 1.21. The summed E-state index contributed by atoms with van der Waals surface area (Å²) in [7, 11) is 0. The maximum absolute atomic E-state index is 14.5. The molecule has 1 N–H and O–H groups in total. The standard InChI is InChI=1S/C26H11F10N3O3/c27-12-14(29)18(33)23(19(34)15(12)30)38-5-1-2-9-6-8(3-4-11(9)38)7-10-22(26(41)42)37-39(25(10)40)24-20(35)16(31)13(28)17(32)21(24)36/h3-4,6-7H,1-2,5H2,(H,41,42). The Bertz CT molecular complexity index is 1730. The predicted molar refractivity (Wildman–Crippen MR) is 125 cm³/mol. The fraction of sp³-hybridized carbons (Fsp3) is 0.115. The normalized spacial score (nSPS) is 15.9. The zero-order chi connectivity index (χ0) is 30.8. The van der Waals surface area contributed by atoms with Crippen LogP contribution in [0.15, 0.2) is 28.9 Å². The number of aryl methyl sites for hydroxylation is 1. The lowest BCUT2D eigenvalue weighted by Gasteiger charge is -2.32. The molecular formula is C26H11F10N3O3. The topological polar surface area (TPSA) is 73.2 Å². The van der Waals surface area contributed by atoms with Crippen LogP contribution in [0.4, 0.5) is 61.0 Å². The molecule has 0 atom stereocenters. The van der Waals surface area contributed by atoms with Crippen molar-refractivity contribution in [3.05, 3.63) is 93.1 Å². The van der Waals surface area contributed by atoms with Gasteiger partial charge in [0.2, 0.25) is 11.6 Å². The van der Waals surface area contributed by atoms with Gasteiger partial charge in [0.15, 0.2) is 52.2 Å². The van der Waals surface area contributed by atoms with Crippen molar-refractivity contribution in [1.29, 1.82) is 0 Å². The van der Waals surface area contributed by atoms with Crippen LogP contribution in [0.2, 0.25) is 0 Å². The van der Waals surface area contributed by atoms with Gasteiger partial charge in [0, 0.05) is 12.2 Å². The molecule has 0 unspecified atom stereocenters. The number of hydrazone groups is 1. The van der Waals surface area contributed by atoms with Gasteiger partial charge in [-0.3, -0.25) is 4.79 Å². The van der Waals surface area contributed by atoms with Crippen molar-refractivity contribution in [2.24, 2.45) is 5.10 Å². The van der Waals surface area contributed by atoms with Gasteiger partial charge in [-0.2, -0.15) is 10.1 Å². The van der Waals surface area contributed by atoms with E-state index in [9.17, 15) is 58.6 Å².